The molecular weight excluding hydrogens is 202 g/mol. The zero-order valence-corrected chi connectivity index (χ0v) is 8.97. The number of rotatable bonds is 3. The number of hydrogen-bond donors (Lipinski definition) is 0. The maximum absolute atomic E-state index is 8.29. The zero-order chi connectivity index (χ0) is 11.0. The molecule has 0 spiro atoms. The second kappa shape index (κ2) is 3.72. The predicted octanol–water partition coefficient (Wildman–Crippen LogP) is 3.04. The van der Waals surface area contributed by atoms with Crippen molar-refractivity contribution in [2.24, 2.45) is 11.0 Å². The second-order valence-corrected chi connectivity index (χ2v) is 4.44. The average molecular weight is 215 g/mol. The highest BCUT2D eigenvalue weighted by atomic mass is 16.5. The summed E-state index contributed by atoms with van der Waals surface area (Å²) >= 11 is 0. The predicted molar refractivity (Wildman–Crippen MR) is 60.5 cm³/mol. The summed E-state index contributed by atoms with van der Waals surface area (Å²) in [4.78, 5) is 2.82. The molecule has 0 bridgehead atoms. The van der Waals surface area contributed by atoms with Gasteiger partial charge in [0.25, 0.3) is 0 Å². The Labute approximate surface area is 93.9 Å². The van der Waals surface area contributed by atoms with Gasteiger partial charge in [-0.25, -0.2) is 0 Å². The van der Waals surface area contributed by atoms with Crippen molar-refractivity contribution in [1.82, 2.24) is 0 Å². The Hall–Kier alpha value is -1.67. The number of fused-ring (bicyclic) bond motifs is 1. The minimum Gasteiger partial charge on any atom is -0.493 e. The Bertz CT molecular complexity index is 465. The summed E-state index contributed by atoms with van der Waals surface area (Å²) in [5, 5.41) is 3.65. The fourth-order valence-corrected chi connectivity index (χ4v) is 2.57. The lowest BCUT2D eigenvalue weighted by atomic mass is 10.00. The van der Waals surface area contributed by atoms with E-state index >= 15 is 0 Å². The van der Waals surface area contributed by atoms with Gasteiger partial charge in [-0.15, -0.1) is 0 Å². The van der Waals surface area contributed by atoms with Crippen LogP contribution >= 0.6 is 0 Å². The molecule has 0 aromatic heterocycles. The van der Waals surface area contributed by atoms with Crippen molar-refractivity contribution in [3.63, 3.8) is 0 Å². The molecule has 1 aliphatic heterocycles. The van der Waals surface area contributed by atoms with Crippen LogP contribution in [0.5, 0.6) is 5.75 Å². The molecule has 3 rings (SSSR count). The summed E-state index contributed by atoms with van der Waals surface area (Å²) in [6.07, 6.45) is 2.17. The molecule has 0 N–H and O–H groups in total. The summed E-state index contributed by atoms with van der Waals surface area (Å²) in [6.45, 7) is 1.44. The van der Waals surface area contributed by atoms with Gasteiger partial charge in [-0.05, 0) is 35.4 Å². The van der Waals surface area contributed by atoms with Gasteiger partial charge in [0, 0.05) is 23.4 Å². The maximum Gasteiger partial charge on any atom is 0.122 e. The first-order chi connectivity index (χ1) is 7.90. The van der Waals surface area contributed by atoms with Gasteiger partial charge < -0.3 is 4.74 Å². The summed E-state index contributed by atoms with van der Waals surface area (Å²) in [5.74, 6) is 2.18. The fraction of sp³-hybridized carbons (Fsp3) is 0.500. The highest BCUT2D eigenvalue weighted by molar-refractivity contribution is 5.46. The first-order valence-electron chi connectivity index (χ1n) is 5.65. The highest BCUT2D eigenvalue weighted by Gasteiger charge is 2.39. The Balaban J connectivity index is 1.81. The highest BCUT2D eigenvalue weighted by Crippen LogP contribution is 2.50. The normalized spacial score (nSPS) is 25.5. The van der Waals surface area contributed by atoms with E-state index in [2.05, 4.69) is 22.2 Å². The van der Waals surface area contributed by atoms with Crippen molar-refractivity contribution in [1.29, 1.82) is 0 Å². The topological polar surface area (TPSA) is 58.0 Å². The van der Waals surface area contributed by atoms with Crippen LogP contribution in [0.15, 0.2) is 23.3 Å². The molecule has 0 saturated heterocycles. The van der Waals surface area contributed by atoms with Crippen LogP contribution in [-0.4, -0.2) is 13.2 Å². The van der Waals surface area contributed by atoms with Crippen LogP contribution in [0.4, 0.5) is 0 Å². The van der Waals surface area contributed by atoms with E-state index in [1.54, 1.807) is 0 Å². The maximum atomic E-state index is 8.29. The lowest BCUT2D eigenvalue weighted by Crippen LogP contribution is -1.92. The van der Waals surface area contributed by atoms with Crippen LogP contribution in [0.2, 0.25) is 0 Å². The molecule has 1 fully saturated rings. The quantitative estimate of drug-likeness (QED) is 0.434. The molecule has 1 aliphatic carbocycles. The third-order valence-electron chi connectivity index (χ3n) is 3.48. The van der Waals surface area contributed by atoms with Gasteiger partial charge >= 0.3 is 0 Å². The molecule has 2 atom stereocenters. The average Bonchev–Trinajstić information content (AvgIpc) is 2.91. The van der Waals surface area contributed by atoms with Crippen LogP contribution in [-0.2, 0) is 6.42 Å². The Morgan fingerprint density at radius 3 is 3.31 bits per heavy atom. The van der Waals surface area contributed by atoms with Crippen LogP contribution in [0.3, 0.4) is 0 Å². The van der Waals surface area contributed by atoms with E-state index in [9.17, 15) is 0 Å². The summed E-state index contributed by atoms with van der Waals surface area (Å²) in [7, 11) is 0. The summed E-state index contributed by atoms with van der Waals surface area (Å²) in [5.41, 5.74) is 11.1. The number of azide groups is 1. The molecule has 16 heavy (non-hydrogen) atoms. The fourth-order valence-electron chi connectivity index (χ4n) is 2.57. The standard InChI is InChI=1S/C12H13N3O/c13-15-14-7-8-6-11(8)9-2-1-3-12-10(9)4-5-16-12/h1-3,8,11H,4-7H2/t8-,11-/m0/s1. The molecule has 0 radical (unpaired) electrons. The van der Waals surface area contributed by atoms with E-state index in [-0.39, 0.29) is 0 Å². The van der Waals surface area contributed by atoms with E-state index in [1.165, 1.54) is 11.1 Å². The third kappa shape index (κ3) is 1.51. The van der Waals surface area contributed by atoms with Gasteiger partial charge in [-0.3, -0.25) is 0 Å². The van der Waals surface area contributed by atoms with Gasteiger partial charge in [-0.1, -0.05) is 17.2 Å². The largest absolute Gasteiger partial charge is 0.493 e. The van der Waals surface area contributed by atoms with Crippen molar-refractivity contribution in [2.75, 3.05) is 13.2 Å². The Morgan fingerprint density at radius 2 is 2.44 bits per heavy atom. The molecule has 0 unspecified atom stereocenters. The zero-order valence-electron chi connectivity index (χ0n) is 8.97. The van der Waals surface area contributed by atoms with Crippen molar-refractivity contribution in [2.45, 2.75) is 18.8 Å². The van der Waals surface area contributed by atoms with Crippen molar-refractivity contribution in [3.8, 4) is 5.75 Å². The van der Waals surface area contributed by atoms with Gasteiger partial charge in [0.2, 0.25) is 0 Å². The Kier molecular flexibility index (Phi) is 2.22. The number of hydrogen-bond acceptors (Lipinski definition) is 2. The number of ether oxygens (including phenoxy) is 1. The molecular formula is C12H13N3O. The van der Waals surface area contributed by atoms with E-state index in [0.717, 1.165) is 25.2 Å². The molecule has 82 valence electrons. The molecule has 0 amide bonds. The smallest absolute Gasteiger partial charge is 0.122 e. The van der Waals surface area contributed by atoms with Gasteiger partial charge in [0.15, 0.2) is 0 Å². The van der Waals surface area contributed by atoms with Crippen LogP contribution in [0, 0.1) is 5.92 Å². The number of nitrogens with zero attached hydrogens (tertiary/aromatic N) is 3. The number of benzene rings is 1. The van der Waals surface area contributed by atoms with E-state index in [1.807, 2.05) is 6.07 Å². The molecule has 4 nitrogen and oxygen atoms in total. The van der Waals surface area contributed by atoms with Gasteiger partial charge in [0.1, 0.15) is 5.75 Å². The van der Waals surface area contributed by atoms with Crippen molar-refractivity contribution >= 4 is 0 Å². The first-order valence-corrected chi connectivity index (χ1v) is 5.65. The monoisotopic (exact) mass is 215 g/mol. The lowest BCUT2D eigenvalue weighted by molar-refractivity contribution is 0.357. The minimum absolute atomic E-state index is 0.544. The molecule has 1 aromatic carbocycles. The molecule has 1 saturated carbocycles. The molecule has 1 aromatic rings. The van der Waals surface area contributed by atoms with Crippen molar-refractivity contribution in [3.05, 3.63) is 39.8 Å². The molecule has 2 aliphatic rings. The summed E-state index contributed by atoms with van der Waals surface area (Å²) in [6, 6.07) is 6.29. The minimum atomic E-state index is 0.544. The summed E-state index contributed by atoms with van der Waals surface area (Å²) < 4.78 is 5.55. The second-order valence-electron chi connectivity index (χ2n) is 4.44. The Morgan fingerprint density at radius 1 is 1.50 bits per heavy atom. The van der Waals surface area contributed by atoms with Crippen LogP contribution in [0.25, 0.3) is 10.4 Å². The van der Waals surface area contributed by atoms with Crippen LogP contribution in [0.1, 0.15) is 23.5 Å². The van der Waals surface area contributed by atoms with E-state index in [4.69, 9.17) is 10.3 Å². The third-order valence-corrected chi connectivity index (χ3v) is 3.48. The lowest BCUT2D eigenvalue weighted by Gasteiger charge is -2.05. The van der Waals surface area contributed by atoms with E-state index in [0.29, 0.717) is 18.4 Å². The first kappa shape index (κ1) is 9.55. The SMILES string of the molecule is [N-]=[N+]=NC[C@@H]1C[C@@H]1c1cccc2c1CCO2. The van der Waals surface area contributed by atoms with Crippen LogP contribution < -0.4 is 4.74 Å². The molecule has 1 heterocycles. The van der Waals surface area contributed by atoms with E-state index < -0.39 is 0 Å². The van der Waals surface area contributed by atoms with Crippen molar-refractivity contribution < 1.29 is 4.74 Å². The van der Waals surface area contributed by atoms with Gasteiger partial charge in [-0.2, -0.15) is 0 Å². The van der Waals surface area contributed by atoms with Gasteiger partial charge in [0.05, 0.1) is 6.61 Å². The molecule has 4 heteroatoms.